The number of rotatable bonds is 2. The second kappa shape index (κ2) is 4.61. The summed E-state index contributed by atoms with van der Waals surface area (Å²) in [5.74, 6) is -3.72. The summed E-state index contributed by atoms with van der Waals surface area (Å²) in [6.45, 7) is 0.816. The van der Waals surface area contributed by atoms with Gasteiger partial charge in [-0.1, -0.05) is 6.92 Å². The number of β-amino-alcohol motifs (C(OH)–C–C–N with tert-alkyl or cyclic N) is 1. The predicted octanol–water partition coefficient (Wildman–Crippen LogP) is 1.10. The zero-order valence-corrected chi connectivity index (χ0v) is 9.94. The van der Waals surface area contributed by atoms with Crippen molar-refractivity contribution in [2.24, 2.45) is 0 Å². The van der Waals surface area contributed by atoms with Gasteiger partial charge in [-0.05, 0) is 18.6 Å². The Hall–Kier alpha value is -1.56. The van der Waals surface area contributed by atoms with Gasteiger partial charge in [-0.15, -0.1) is 0 Å². The van der Waals surface area contributed by atoms with Gasteiger partial charge in [0.2, 0.25) is 0 Å². The van der Waals surface area contributed by atoms with Gasteiger partial charge in [0, 0.05) is 17.5 Å². The molecule has 0 saturated carbocycles. The normalized spacial score (nSPS) is 22.2. The highest BCUT2D eigenvalue weighted by atomic mass is 19.3. The van der Waals surface area contributed by atoms with Crippen molar-refractivity contribution in [3.63, 3.8) is 0 Å². The number of amides is 1. The highest BCUT2D eigenvalue weighted by Gasteiger charge is 2.48. The van der Waals surface area contributed by atoms with E-state index < -0.39 is 24.5 Å². The molecule has 1 amide bonds. The first-order valence-corrected chi connectivity index (χ1v) is 5.74. The van der Waals surface area contributed by atoms with Crippen molar-refractivity contribution >= 4 is 5.91 Å². The zero-order valence-electron chi connectivity index (χ0n) is 9.94. The van der Waals surface area contributed by atoms with Gasteiger partial charge in [0.1, 0.15) is 6.10 Å². The first-order valence-electron chi connectivity index (χ1n) is 5.74. The number of carbonyl (C=O) groups excluding carboxylic acids is 1. The van der Waals surface area contributed by atoms with E-state index >= 15 is 0 Å². The van der Waals surface area contributed by atoms with Gasteiger partial charge >= 0.3 is 0 Å². The fraction of sp³-hybridized carbons (Fsp3) is 0.500. The number of hydrogen-bond donors (Lipinski definition) is 1. The first-order chi connectivity index (χ1) is 8.44. The molecule has 0 bridgehead atoms. The lowest BCUT2D eigenvalue weighted by atomic mass is 10.2. The Labute approximate surface area is 103 Å². The maximum absolute atomic E-state index is 13.2. The molecular formula is C12H14F2N2O2. The van der Waals surface area contributed by atoms with Crippen LogP contribution in [0.15, 0.2) is 18.3 Å². The fourth-order valence-electron chi connectivity index (χ4n) is 1.91. The topological polar surface area (TPSA) is 53.4 Å². The number of aryl methyl sites for hydroxylation is 1. The molecule has 1 saturated heterocycles. The van der Waals surface area contributed by atoms with Crippen LogP contribution in [-0.2, 0) is 6.42 Å². The van der Waals surface area contributed by atoms with E-state index in [4.69, 9.17) is 5.11 Å². The number of hydrogen-bond acceptors (Lipinski definition) is 3. The van der Waals surface area contributed by atoms with Crippen LogP contribution >= 0.6 is 0 Å². The van der Waals surface area contributed by atoms with E-state index in [0.717, 1.165) is 10.6 Å². The molecule has 6 heteroatoms. The second-order valence-electron chi connectivity index (χ2n) is 4.35. The van der Waals surface area contributed by atoms with Crippen LogP contribution in [0.3, 0.4) is 0 Å². The summed E-state index contributed by atoms with van der Waals surface area (Å²) < 4.78 is 26.3. The van der Waals surface area contributed by atoms with Crippen molar-refractivity contribution in [1.82, 2.24) is 9.88 Å². The molecule has 1 aromatic heterocycles. The molecule has 1 fully saturated rings. The molecule has 18 heavy (non-hydrogen) atoms. The number of carbonyl (C=O) groups is 1. The molecular weight excluding hydrogens is 242 g/mol. The summed E-state index contributed by atoms with van der Waals surface area (Å²) in [6, 6.07) is 3.08. The van der Waals surface area contributed by atoms with Gasteiger partial charge in [0.25, 0.3) is 11.8 Å². The minimum Gasteiger partial charge on any atom is -0.385 e. The zero-order chi connectivity index (χ0) is 13.3. The maximum Gasteiger partial charge on any atom is 0.292 e. The highest BCUT2D eigenvalue weighted by Crippen LogP contribution is 2.28. The van der Waals surface area contributed by atoms with E-state index in [-0.39, 0.29) is 6.54 Å². The van der Waals surface area contributed by atoms with Crippen LogP contribution in [0.25, 0.3) is 0 Å². The Kier molecular flexibility index (Phi) is 3.30. The average molecular weight is 256 g/mol. The molecule has 1 atom stereocenters. The minimum absolute atomic E-state index is 0.326. The van der Waals surface area contributed by atoms with E-state index in [2.05, 4.69) is 4.98 Å². The average Bonchev–Trinajstić information content (AvgIpc) is 2.63. The largest absolute Gasteiger partial charge is 0.385 e. The van der Waals surface area contributed by atoms with Crippen molar-refractivity contribution in [1.29, 1.82) is 0 Å². The number of alkyl halides is 2. The third kappa shape index (κ3) is 2.33. The Morgan fingerprint density at radius 2 is 2.39 bits per heavy atom. The Bertz CT molecular complexity index is 465. The molecule has 2 rings (SSSR count). The molecule has 1 aliphatic heterocycles. The molecule has 1 aromatic rings. The minimum atomic E-state index is -3.23. The number of likely N-dealkylation sites (tertiary alicyclic amines) is 1. The number of pyridine rings is 1. The molecule has 0 radical (unpaired) electrons. The maximum atomic E-state index is 13.2. The smallest absolute Gasteiger partial charge is 0.292 e. The predicted molar refractivity (Wildman–Crippen MR) is 60.5 cm³/mol. The van der Waals surface area contributed by atoms with E-state index in [1.54, 1.807) is 6.07 Å². The fourth-order valence-corrected chi connectivity index (χ4v) is 1.91. The summed E-state index contributed by atoms with van der Waals surface area (Å²) in [7, 11) is 0. The third-order valence-electron chi connectivity index (χ3n) is 3.00. The van der Waals surface area contributed by atoms with Crippen LogP contribution in [0.5, 0.6) is 0 Å². The monoisotopic (exact) mass is 256 g/mol. The van der Waals surface area contributed by atoms with Crippen molar-refractivity contribution in [3.8, 4) is 0 Å². The molecule has 0 aromatic carbocycles. The van der Waals surface area contributed by atoms with Crippen molar-refractivity contribution in [2.75, 3.05) is 13.1 Å². The van der Waals surface area contributed by atoms with Crippen molar-refractivity contribution in [3.05, 3.63) is 29.6 Å². The van der Waals surface area contributed by atoms with Gasteiger partial charge in [0.15, 0.2) is 0 Å². The van der Waals surface area contributed by atoms with Gasteiger partial charge in [-0.3, -0.25) is 9.78 Å². The van der Waals surface area contributed by atoms with Gasteiger partial charge in [0.05, 0.1) is 13.1 Å². The van der Waals surface area contributed by atoms with E-state index in [1.165, 1.54) is 12.3 Å². The molecule has 4 nitrogen and oxygen atoms in total. The highest BCUT2D eigenvalue weighted by molar-refractivity contribution is 5.94. The summed E-state index contributed by atoms with van der Waals surface area (Å²) >= 11 is 0. The molecule has 0 spiro atoms. The summed E-state index contributed by atoms with van der Waals surface area (Å²) in [6.07, 6.45) is 0.366. The Balaban J connectivity index is 2.17. The van der Waals surface area contributed by atoms with Crippen molar-refractivity contribution in [2.45, 2.75) is 25.4 Å². The van der Waals surface area contributed by atoms with E-state index in [0.29, 0.717) is 12.0 Å². The lowest BCUT2D eigenvalue weighted by Gasteiger charge is -2.15. The van der Waals surface area contributed by atoms with Crippen molar-refractivity contribution < 1.29 is 18.7 Å². The lowest BCUT2D eigenvalue weighted by molar-refractivity contribution is -0.0727. The quantitative estimate of drug-likeness (QED) is 0.862. The van der Waals surface area contributed by atoms with Gasteiger partial charge in [-0.2, -0.15) is 0 Å². The number of nitrogens with zero attached hydrogens (tertiary/aromatic N) is 2. The molecule has 2 heterocycles. The van der Waals surface area contributed by atoms with Gasteiger partial charge < -0.3 is 10.0 Å². The molecule has 98 valence electrons. The second-order valence-corrected chi connectivity index (χ2v) is 4.35. The Morgan fingerprint density at radius 1 is 1.67 bits per heavy atom. The van der Waals surface area contributed by atoms with Crippen LogP contribution in [0.4, 0.5) is 8.78 Å². The number of aliphatic hydroxyl groups excluding tert-OH is 1. The summed E-state index contributed by atoms with van der Waals surface area (Å²) in [5.41, 5.74) is 1.05. The Morgan fingerprint density at radius 3 is 2.94 bits per heavy atom. The van der Waals surface area contributed by atoms with Crippen LogP contribution in [0.2, 0.25) is 0 Å². The number of halogens is 2. The lowest BCUT2D eigenvalue weighted by Crippen LogP contribution is -2.32. The van der Waals surface area contributed by atoms with E-state index in [1.807, 2.05) is 6.92 Å². The van der Waals surface area contributed by atoms with E-state index in [9.17, 15) is 13.6 Å². The number of aliphatic hydroxyl groups is 1. The molecule has 1 unspecified atom stereocenters. The summed E-state index contributed by atoms with van der Waals surface area (Å²) in [5, 5.41) is 9.17. The SMILES string of the molecule is CCc1cc(C(=O)N2CC(O)C(F)(F)C2)ccn1. The summed E-state index contributed by atoms with van der Waals surface area (Å²) in [4.78, 5) is 17.0. The third-order valence-corrected chi connectivity index (χ3v) is 3.00. The molecule has 1 aliphatic rings. The van der Waals surface area contributed by atoms with Crippen LogP contribution in [-0.4, -0.2) is 46.0 Å². The molecule has 1 N–H and O–H groups in total. The van der Waals surface area contributed by atoms with Gasteiger partial charge in [-0.25, -0.2) is 8.78 Å². The number of aromatic nitrogens is 1. The van der Waals surface area contributed by atoms with Crippen LogP contribution in [0, 0.1) is 0 Å². The van der Waals surface area contributed by atoms with Crippen LogP contribution in [0.1, 0.15) is 23.0 Å². The van der Waals surface area contributed by atoms with Crippen LogP contribution < -0.4 is 0 Å². The molecule has 0 aliphatic carbocycles. The first kappa shape index (κ1) is 12.9. The standard InChI is InChI=1S/C12H14F2N2O2/c1-2-9-5-8(3-4-15-9)11(18)16-6-10(17)12(13,14)7-16/h3-5,10,17H,2,6-7H2,1H3.